The topological polar surface area (TPSA) is 68.3 Å². The van der Waals surface area contributed by atoms with E-state index in [-0.39, 0.29) is 11.8 Å². The molecule has 1 atom stereocenters. The van der Waals surface area contributed by atoms with E-state index in [4.69, 9.17) is 10.2 Å². The van der Waals surface area contributed by atoms with Gasteiger partial charge in [0.05, 0.1) is 5.92 Å². The minimum Gasteiger partial charge on any atom is -0.461 e. The quantitative estimate of drug-likeness (QED) is 0.859. The van der Waals surface area contributed by atoms with E-state index in [2.05, 4.69) is 5.32 Å². The summed E-state index contributed by atoms with van der Waals surface area (Å²) in [7, 11) is 0. The van der Waals surface area contributed by atoms with Gasteiger partial charge in [0.15, 0.2) is 0 Å². The molecule has 4 heteroatoms. The molecular weight excluding hydrogens is 240 g/mol. The largest absolute Gasteiger partial charge is 0.461 e. The standard InChI is InChI=1S/C15H18N2O2/c16-9-11(15(18)17-12-5-6-12)8-13-7-10-3-1-2-4-14(10)19-13/h1-4,7,11-12H,5-6,8-9,16H2,(H,17,18). The second-order valence-corrected chi connectivity index (χ2v) is 5.17. The molecule has 1 heterocycles. The fraction of sp³-hybridized carbons (Fsp3) is 0.400. The molecule has 1 saturated carbocycles. The van der Waals surface area contributed by atoms with Gasteiger partial charge in [-0.15, -0.1) is 0 Å². The van der Waals surface area contributed by atoms with Gasteiger partial charge in [-0.2, -0.15) is 0 Å². The lowest BCUT2D eigenvalue weighted by Crippen LogP contribution is -2.37. The van der Waals surface area contributed by atoms with Crippen LogP contribution in [-0.2, 0) is 11.2 Å². The molecule has 1 amide bonds. The number of rotatable bonds is 5. The summed E-state index contributed by atoms with van der Waals surface area (Å²) in [5, 5.41) is 4.06. The van der Waals surface area contributed by atoms with E-state index in [9.17, 15) is 4.79 Å². The molecule has 100 valence electrons. The molecule has 1 aromatic carbocycles. The van der Waals surface area contributed by atoms with Crippen molar-refractivity contribution in [2.24, 2.45) is 11.7 Å². The molecule has 3 rings (SSSR count). The Balaban J connectivity index is 1.72. The molecule has 0 saturated heterocycles. The van der Waals surface area contributed by atoms with Crippen molar-refractivity contribution in [3.05, 3.63) is 36.1 Å². The van der Waals surface area contributed by atoms with Crippen LogP contribution in [0.1, 0.15) is 18.6 Å². The molecule has 0 radical (unpaired) electrons. The maximum atomic E-state index is 12.0. The lowest BCUT2D eigenvalue weighted by Gasteiger charge is -2.12. The Morgan fingerprint density at radius 1 is 1.42 bits per heavy atom. The highest BCUT2D eigenvalue weighted by molar-refractivity contribution is 5.81. The summed E-state index contributed by atoms with van der Waals surface area (Å²) in [4.78, 5) is 12.0. The van der Waals surface area contributed by atoms with Crippen molar-refractivity contribution in [3.63, 3.8) is 0 Å². The average molecular weight is 258 g/mol. The van der Waals surface area contributed by atoms with Crippen molar-refractivity contribution in [1.82, 2.24) is 5.32 Å². The summed E-state index contributed by atoms with van der Waals surface area (Å²) in [6.07, 6.45) is 2.74. The van der Waals surface area contributed by atoms with Gasteiger partial charge in [0.2, 0.25) is 5.91 Å². The van der Waals surface area contributed by atoms with Crippen LogP contribution >= 0.6 is 0 Å². The van der Waals surface area contributed by atoms with Gasteiger partial charge < -0.3 is 15.5 Å². The van der Waals surface area contributed by atoms with E-state index in [1.54, 1.807) is 0 Å². The smallest absolute Gasteiger partial charge is 0.225 e. The number of hydrogen-bond donors (Lipinski definition) is 2. The van der Waals surface area contributed by atoms with E-state index >= 15 is 0 Å². The predicted molar refractivity (Wildman–Crippen MR) is 73.6 cm³/mol. The summed E-state index contributed by atoms with van der Waals surface area (Å²) >= 11 is 0. The van der Waals surface area contributed by atoms with E-state index in [0.717, 1.165) is 29.6 Å². The molecule has 3 N–H and O–H groups in total. The molecule has 2 aromatic rings. The van der Waals surface area contributed by atoms with Crippen molar-refractivity contribution in [1.29, 1.82) is 0 Å². The highest BCUT2D eigenvalue weighted by atomic mass is 16.3. The first-order chi connectivity index (χ1) is 9.26. The van der Waals surface area contributed by atoms with E-state index in [1.807, 2.05) is 30.3 Å². The Morgan fingerprint density at radius 2 is 2.21 bits per heavy atom. The first-order valence-electron chi connectivity index (χ1n) is 6.74. The molecule has 0 aliphatic heterocycles. The zero-order valence-corrected chi connectivity index (χ0v) is 10.8. The molecule has 4 nitrogen and oxygen atoms in total. The number of benzene rings is 1. The molecule has 1 aliphatic carbocycles. The third kappa shape index (κ3) is 2.79. The highest BCUT2D eigenvalue weighted by Gasteiger charge is 2.27. The number of carbonyl (C=O) groups is 1. The fourth-order valence-electron chi connectivity index (χ4n) is 2.21. The minimum atomic E-state index is -0.207. The molecular formula is C15H18N2O2. The fourth-order valence-corrected chi connectivity index (χ4v) is 2.21. The van der Waals surface area contributed by atoms with Crippen LogP contribution in [0.15, 0.2) is 34.7 Å². The van der Waals surface area contributed by atoms with Crippen LogP contribution in [0.5, 0.6) is 0 Å². The van der Waals surface area contributed by atoms with Crippen LogP contribution in [0, 0.1) is 5.92 Å². The zero-order chi connectivity index (χ0) is 13.2. The normalized spacial score (nSPS) is 16.5. The Kier molecular flexibility index (Phi) is 3.25. The van der Waals surface area contributed by atoms with Crippen LogP contribution in [0.2, 0.25) is 0 Å². The van der Waals surface area contributed by atoms with Gasteiger partial charge in [0, 0.05) is 24.4 Å². The van der Waals surface area contributed by atoms with Crippen LogP contribution in [0.25, 0.3) is 11.0 Å². The van der Waals surface area contributed by atoms with Gasteiger partial charge >= 0.3 is 0 Å². The average Bonchev–Trinajstić information content (AvgIpc) is 3.12. The van der Waals surface area contributed by atoms with Crippen molar-refractivity contribution in [2.45, 2.75) is 25.3 Å². The Labute approximate surface area is 112 Å². The van der Waals surface area contributed by atoms with Crippen LogP contribution in [-0.4, -0.2) is 18.5 Å². The first-order valence-corrected chi connectivity index (χ1v) is 6.74. The second-order valence-electron chi connectivity index (χ2n) is 5.17. The van der Waals surface area contributed by atoms with Gasteiger partial charge in [0.25, 0.3) is 0 Å². The Hall–Kier alpha value is -1.81. The van der Waals surface area contributed by atoms with Crippen LogP contribution < -0.4 is 11.1 Å². The molecule has 0 spiro atoms. The number of nitrogens with one attached hydrogen (secondary N) is 1. The third-order valence-electron chi connectivity index (χ3n) is 3.50. The molecule has 1 unspecified atom stereocenters. The summed E-state index contributed by atoms with van der Waals surface area (Å²) in [5.74, 6) is 0.661. The minimum absolute atomic E-state index is 0.0467. The van der Waals surface area contributed by atoms with Crippen LogP contribution in [0.4, 0.5) is 0 Å². The number of hydrogen-bond acceptors (Lipinski definition) is 3. The Bertz CT molecular complexity index is 554. The summed E-state index contributed by atoms with van der Waals surface area (Å²) in [6, 6.07) is 10.2. The van der Waals surface area contributed by atoms with Gasteiger partial charge in [-0.1, -0.05) is 18.2 Å². The van der Waals surface area contributed by atoms with Crippen molar-refractivity contribution >= 4 is 16.9 Å². The molecule has 19 heavy (non-hydrogen) atoms. The number of carbonyl (C=O) groups excluding carboxylic acids is 1. The van der Waals surface area contributed by atoms with Gasteiger partial charge in [0.1, 0.15) is 11.3 Å². The van der Waals surface area contributed by atoms with E-state index in [1.165, 1.54) is 0 Å². The molecule has 1 fully saturated rings. The highest BCUT2D eigenvalue weighted by Crippen LogP contribution is 2.22. The lowest BCUT2D eigenvalue weighted by atomic mass is 10.0. The Morgan fingerprint density at radius 3 is 2.89 bits per heavy atom. The van der Waals surface area contributed by atoms with E-state index in [0.29, 0.717) is 19.0 Å². The molecule has 1 aliphatic rings. The summed E-state index contributed by atoms with van der Waals surface area (Å²) in [5.41, 5.74) is 6.57. The van der Waals surface area contributed by atoms with Gasteiger partial charge in [-0.3, -0.25) is 4.79 Å². The molecule has 1 aromatic heterocycles. The monoisotopic (exact) mass is 258 g/mol. The van der Waals surface area contributed by atoms with Crippen LogP contribution in [0.3, 0.4) is 0 Å². The molecule has 0 bridgehead atoms. The van der Waals surface area contributed by atoms with Crippen molar-refractivity contribution in [3.8, 4) is 0 Å². The maximum absolute atomic E-state index is 12.0. The summed E-state index contributed by atoms with van der Waals surface area (Å²) < 4.78 is 5.74. The second kappa shape index (κ2) is 5.05. The van der Waals surface area contributed by atoms with Gasteiger partial charge in [-0.25, -0.2) is 0 Å². The van der Waals surface area contributed by atoms with Crippen molar-refractivity contribution in [2.75, 3.05) is 6.54 Å². The lowest BCUT2D eigenvalue weighted by molar-refractivity contribution is -0.124. The zero-order valence-electron chi connectivity index (χ0n) is 10.8. The van der Waals surface area contributed by atoms with Crippen molar-refractivity contribution < 1.29 is 9.21 Å². The number of fused-ring (bicyclic) bond motifs is 1. The maximum Gasteiger partial charge on any atom is 0.225 e. The number of nitrogens with two attached hydrogens (primary N) is 1. The summed E-state index contributed by atoms with van der Waals surface area (Å²) in [6.45, 7) is 0.343. The third-order valence-corrected chi connectivity index (χ3v) is 3.50. The van der Waals surface area contributed by atoms with Gasteiger partial charge in [-0.05, 0) is 25.0 Å². The first kappa shape index (κ1) is 12.2. The number of para-hydroxylation sites is 1. The SMILES string of the molecule is NCC(Cc1cc2ccccc2o1)C(=O)NC1CC1. The van der Waals surface area contributed by atoms with E-state index < -0.39 is 0 Å². The predicted octanol–water partition coefficient (Wildman–Crippen LogP) is 1.83. The number of amides is 1. The number of furan rings is 1.